The zero-order chi connectivity index (χ0) is 22.7. The standard InChI is InChI=1S/C22H25N9O2/c1-14-10-15-12-28(6-5-16(15)24-11-14)7-8-29-21-26-20-19(31(21)27(2)22(29)32)18(25-13-30(20)23)17-4-3-9-33-17/h3-4,9-11H,5-8,12-13,23H2,1-2H3. The number of aliphatic imine (C=N–C) groups is 1. The fraction of sp³-hybridized carbons (Fsp3) is 0.364. The minimum atomic E-state index is -0.136. The van der Waals surface area contributed by atoms with E-state index >= 15 is 0 Å². The van der Waals surface area contributed by atoms with Crippen molar-refractivity contribution >= 4 is 17.3 Å². The van der Waals surface area contributed by atoms with Crippen molar-refractivity contribution in [1.29, 1.82) is 0 Å². The minimum absolute atomic E-state index is 0.136. The van der Waals surface area contributed by atoms with E-state index in [4.69, 9.17) is 15.2 Å². The Morgan fingerprint density at radius 1 is 1.27 bits per heavy atom. The first-order valence-electron chi connectivity index (χ1n) is 11.0. The van der Waals surface area contributed by atoms with E-state index in [9.17, 15) is 4.79 Å². The lowest BCUT2D eigenvalue weighted by Crippen LogP contribution is -2.37. The highest BCUT2D eigenvalue weighted by atomic mass is 16.3. The lowest BCUT2D eigenvalue weighted by molar-refractivity contribution is 0.241. The number of hydrogen-bond acceptors (Lipinski definition) is 8. The van der Waals surface area contributed by atoms with Crippen LogP contribution in [0.15, 0.2) is 44.9 Å². The van der Waals surface area contributed by atoms with Crippen molar-refractivity contribution in [3.8, 4) is 0 Å². The third-order valence-corrected chi connectivity index (χ3v) is 6.40. The Labute approximate surface area is 189 Å². The van der Waals surface area contributed by atoms with Crippen LogP contribution in [-0.4, -0.2) is 54.1 Å². The van der Waals surface area contributed by atoms with Crippen molar-refractivity contribution in [3.63, 3.8) is 0 Å². The fourth-order valence-corrected chi connectivity index (χ4v) is 4.73. The Morgan fingerprint density at radius 3 is 2.97 bits per heavy atom. The Balaban J connectivity index is 1.34. The van der Waals surface area contributed by atoms with Crippen LogP contribution in [-0.2, 0) is 26.6 Å². The highest BCUT2D eigenvalue weighted by Crippen LogP contribution is 2.27. The molecule has 4 aromatic heterocycles. The third kappa shape index (κ3) is 3.11. The predicted molar refractivity (Wildman–Crippen MR) is 122 cm³/mol. The van der Waals surface area contributed by atoms with Crippen LogP contribution in [0.3, 0.4) is 0 Å². The smallest absolute Gasteiger partial charge is 0.345 e. The van der Waals surface area contributed by atoms with Gasteiger partial charge in [-0.2, -0.15) is 4.98 Å². The largest absolute Gasteiger partial charge is 0.463 e. The molecule has 0 radical (unpaired) electrons. The number of furan rings is 1. The number of anilines is 1. The molecule has 0 unspecified atom stereocenters. The van der Waals surface area contributed by atoms with Gasteiger partial charge in [-0.25, -0.2) is 19.8 Å². The van der Waals surface area contributed by atoms with Crippen molar-refractivity contribution in [2.75, 3.05) is 24.8 Å². The summed E-state index contributed by atoms with van der Waals surface area (Å²) >= 11 is 0. The summed E-state index contributed by atoms with van der Waals surface area (Å²) < 4.78 is 10.6. The van der Waals surface area contributed by atoms with Crippen LogP contribution < -0.4 is 16.5 Å². The molecule has 0 spiro atoms. The lowest BCUT2D eigenvalue weighted by atomic mass is 10.0. The Bertz CT molecular complexity index is 1440. The van der Waals surface area contributed by atoms with Gasteiger partial charge in [0.05, 0.1) is 6.26 Å². The van der Waals surface area contributed by atoms with E-state index in [0.29, 0.717) is 35.3 Å². The van der Waals surface area contributed by atoms with E-state index < -0.39 is 0 Å². The molecule has 0 fully saturated rings. The van der Waals surface area contributed by atoms with Crippen LogP contribution >= 0.6 is 0 Å². The second kappa shape index (κ2) is 7.42. The number of nitrogens with two attached hydrogens (primary N) is 1. The number of nitrogens with zero attached hydrogens (tertiary/aromatic N) is 8. The summed E-state index contributed by atoms with van der Waals surface area (Å²) in [5.41, 5.74) is 4.75. The molecule has 4 aromatic rings. The Hall–Kier alpha value is -3.70. The van der Waals surface area contributed by atoms with Crippen LogP contribution in [0.4, 0.5) is 5.82 Å². The highest BCUT2D eigenvalue weighted by Gasteiger charge is 2.31. The number of pyridine rings is 1. The van der Waals surface area contributed by atoms with Gasteiger partial charge in [0.15, 0.2) is 11.6 Å². The summed E-state index contributed by atoms with van der Waals surface area (Å²) in [6, 6.07) is 5.85. The molecule has 0 atom stereocenters. The third-order valence-electron chi connectivity index (χ3n) is 6.40. The van der Waals surface area contributed by atoms with Gasteiger partial charge in [0.25, 0.3) is 0 Å². The lowest BCUT2D eigenvalue weighted by Gasteiger charge is -2.28. The second-order valence-electron chi connectivity index (χ2n) is 8.59. The number of hydrogen-bond donors (Lipinski definition) is 1. The van der Waals surface area contributed by atoms with Gasteiger partial charge in [-0.05, 0) is 30.2 Å². The topological polar surface area (TPSA) is 115 Å². The molecular weight excluding hydrogens is 422 g/mol. The molecule has 0 aromatic carbocycles. The van der Waals surface area contributed by atoms with Crippen molar-refractivity contribution in [2.45, 2.75) is 26.4 Å². The quantitative estimate of drug-likeness (QED) is 0.458. The van der Waals surface area contributed by atoms with Crippen LogP contribution in [0.5, 0.6) is 0 Å². The molecule has 2 N–H and O–H groups in total. The van der Waals surface area contributed by atoms with E-state index in [1.54, 1.807) is 27.1 Å². The average Bonchev–Trinajstić information content (AvgIpc) is 3.52. The van der Waals surface area contributed by atoms with Crippen LogP contribution in [0.2, 0.25) is 0 Å². The van der Waals surface area contributed by atoms with Crippen LogP contribution in [0, 0.1) is 6.92 Å². The maximum absolute atomic E-state index is 13.2. The molecule has 11 nitrogen and oxygen atoms in total. The number of rotatable bonds is 4. The predicted octanol–water partition coefficient (Wildman–Crippen LogP) is 0.678. The van der Waals surface area contributed by atoms with Gasteiger partial charge in [0.2, 0.25) is 5.78 Å². The highest BCUT2D eigenvalue weighted by molar-refractivity contribution is 6.14. The molecule has 0 saturated heterocycles. The number of imidazole rings is 1. The Kier molecular flexibility index (Phi) is 4.49. The van der Waals surface area contributed by atoms with Crippen molar-refractivity contribution < 1.29 is 4.42 Å². The van der Waals surface area contributed by atoms with Gasteiger partial charge in [0.1, 0.15) is 18.1 Å². The van der Waals surface area contributed by atoms with E-state index in [1.165, 1.54) is 21.8 Å². The molecule has 0 saturated carbocycles. The molecule has 6 rings (SSSR count). The van der Waals surface area contributed by atoms with Gasteiger partial charge in [-0.15, -0.1) is 0 Å². The van der Waals surface area contributed by atoms with Gasteiger partial charge >= 0.3 is 5.69 Å². The first-order chi connectivity index (χ1) is 16.0. The summed E-state index contributed by atoms with van der Waals surface area (Å²) in [5.74, 6) is 7.91. The first-order valence-corrected chi connectivity index (χ1v) is 11.0. The molecule has 2 aliphatic heterocycles. The normalized spacial score (nSPS) is 16.2. The second-order valence-corrected chi connectivity index (χ2v) is 8.59. The molecule has 33 heavy (non-hydrogen) atoms. The fourth-order valence-electron chi connectivity index (χ4n) is 4.73. The number of aromatic nitrogens is 5. The Morgan fingerprint density at radius 2 is 2.15 bits per heavy atom. The van der Waals surface area contributed by atoms with Gasteiger partial charge in [-0.1, -0.05) is 6.07 Å². The molecule has 2 aliphatic rings. The number of hydrazine groups is 1. The molecule has 0 bridgehead atoms. The molecular formula is C22H25N9O2. The number of fused-ring (bicyclic) bond motifs is 4. The minimum Gasteiger partial charge on any atom is -0.463 e. The molecule has 0 aliphatic carbocycles. The van der Waals surface area contributed by atoms with Crippen LogP contribution in [0.1, 0.15) is 28.3 Å². The van der Waals surface area contributed by atoms with Gasteiger partial charge < -0.3 is 4.42 Å². The molecule has 6 heterocycles. The van der Waals surface area contributed by atoms with E-state index in [0.717, 1.165) is 26.1 Å². The SMILES string of the molecule is Cc1cnc2c(c1)CN(CCn1c(=O)n(C)n3c4c(nc13)N(N)CN=C4c1ccco1)CC2. The molecule has 0 amide bonds. The summed E-state index contributed by atoms with van der Waals surface area (Å²) in [4.78, 5) is 29.4. The van der Waals surface area contributed by atoms with E-state index in [1.807, 2.05) is 18.3 Å². The summed E-state index contributed by atoms with van der Waals surface area (Å²) in [5, 5.41) is 1.49. The van der Waals surface area contributed by atoms with Crippen molar-refractivity contribution in [3.05, 3.63) is 69.4 Å². The van der Waals surface area contributed by atoms with Gasteiger partial charge in [-0.3, -0.25) is 24.5 Å². The monoisotopic (exact) mass is 447 g/mol. The number of aryl methyl sites for hydroxylation is 2. The maximum atomic E-state index is 13.2. The van der Waals surface area contributed by atoms with Crippen molar-refractivity contribution in [1.82, 2.24) is 28.6 Å². The summed E-state index contributed by atoms with van der Waals surface area (Å²) in [7, 11) is 1.73. The average molecular weight is 448 g/mol. The molecule has 11 heteroatoms. The van der Waals surface area contributed by atoms with Crippen molar-refractivity contribution in [2.24, 2.45) is 17.9 Å². The van der Waals surface area contributed by atoms with E-state index in [2.05, 4.69) is 27.9 Å². The zero-order valence-corrected chi connectivity index (χ0v) is 18.6. The maximum Gasteiger partial charge on any atom is 0.345 e. The van der Waals surface area contributed by atoms with Gasteiger partial charge in [0, 0.05) is 51.5 Å². The summed E-state index contributed by atoms with van der Waals surface area (Å²) in [6.45, 7) is 5.32. The first kappa shape index (κ1) is 19.9. The zero-order valence-electron chi connectivity index (χ0n) is 18.6. The van der Waals surface area contributed by atoms with E-state index in [-0.39, 0.29) is 12.4 Å². The van der Waals surface area contributed by atoms with Crippen LogP contribution in [0.25, 0.3) is 5.78 Å². The molecule has 170 valence electrons. The summed E-state index contributed by atoms with van der Waals surface area (Å²) in [6.07, 6.45) is 4.44.